The Labute approximate surface area is 197 Å². The van der Waals surface area contributed by atoms with Crippen LogP contribution in [0.15, 0.2) is 60.7 Å². The normalized spacial score (nSPS) is 14.0. The highest BCUT2D eigenvalue weighted by Crippen LogP contribution is 2.37. The van der Waals surface area contributed by atoms with E-state index in [1.54, 1.807) is 10.7 Å². The molecule has 1 fully saturated rings. The third-order valence-corrected chi connectivity index (χ3v) is 5.73. The second-order valence-electron chi connectivity index (χ2n) is 8.42. The Kier molecular flexibility index (Phi) is 5.90. The summed E-state index contributed by atoms with van der Waals surface area (Å²) in [5.41, 5.74) is 3.85. The number of ether oxygens (including phenoxy) is 2. The van der Waals surface area contributed by atoms with Gasteiger partial charge in [0.15, 0.2) is 11.3 Å². The summed E-state index contributed by atoms with van der Waals surface area (Å²) in [7, 11) is 0. The molecule has 0 amide bonds. The van der Waals surface area contributed by atoms with Crippen molar-refractivity contribution in [3.8, 4) is 22.7 Å². The van der Waals surface area contributed by atoms with Gasteiger partial charge < -0.3 is 19.5 Å². The number of aromatic carboxylic acids is 1. The van der Waals surface area contributed by atoms with Crippen LogP contribution in [0.3, 0.4) is 0 Å². The minimum Gasteiger partial charge on any atom is -0.477 e. The molecule has 0 spiro atoms. The second kappa shape index (κ2) is 9.15. The molecule has 2 aromatic carbocycles. The van der Waals surface area contributed by atoms with Crippen LogP contribution in [0.5, 0.6) is 5.88 Å². The summed E-state index contributed by atoms with van der Waals surface area (Å²) in [6.07, 6.45) is -0.113. The first-order chi connectivity index (χ1) is 16.5. The number of morpholine rings is 1. The average molecular weight is 459 g/mol. The number of carboxylic acids is 1. The number of pyridine rings is 1. The Bertz CT molecular complexity index is 1310. The van der Waals surface area contributed by atoms with Gasteiger partial charge in [0.1, 0.15) is 0 Å². The lowest BCUT2D eigenvalue weighted by molar-refractivity contribution is 0.0691. The van der Waals surface area contributed by atoms with Crippen LogP contribution in [0.25, 0.3) is 27.8 Å². The van der Waals surface area contributed by atoms with Gasteiger partial charge >= 0.3 is 5.97 Å². The molecule has 2 aromatic heterocycles. The van der Waals surface area contributed by atoms with E-state index in [4.69, 9.17) is 14.6 Å². The van der Waals surface area contributed by atoms with Crippen molar-refractivity contribution in [1.82, 2.24) is 14.8 Å². The largest absolute Gasteiger partial charge is 0.477 e. The van der Waals surface area contributed by atoms with Gasteiger partial charge in [-0.15, -0.1) is 5.10 Å². The number of nitrogens with zero attached hydrogens (tertiary/aromatic N) is 4. The lowest BCUT2D eigenvalue weighted by Gasteiger charge is -2.29. The van der Waals surface area contributed by atoms with Gasteiger partial charge in [0.25, 0.3) is 0 Å². The number of hydrogen-bond acceptors (Lipinski definition) is 6. The van der Waals surface area contributed by atoms with E-state index in [2.05, 4.69) is 22.0 Å². The molecule has 1 aliphatic heterocycles. The molecule has 0 atom stereocenters. The van der Waals surface area contributed by atoms with Gasteiger partial charge in [0, 0.05) is 24.3 Å². The zero-order valence-electron chi connectivity index (χ0n) is 19.1. The van der Waals surface area contributed by atoms with Gasteiger partial charge in [-0.05, 0) is 49.7 Å². The van der Waals surface area contributed by atoms with Crippen molar-refractivity contribution in [3.05, 3.63) is 66.4 Å². The Morgan fingerprint density at radius 3 is 2.38 bits per heavy atom. The van der Waals surface area contributed by atoms with Crippen LogP contribution < -0.4 is 9.64 Å². The maximum Gasteiger partial charge on any atom is 0.354 e. The van der Waals surface area contributed by atoms with Crippen molar-refractivity contribution in [2.75, 3.05) is 31.2 Å². The predicted octanol–water partition coefficient (Wildman–Crippen LogP) is 4.41. The molecule has 1 aliphatic rings. The molecule has 0 saturated carbocycles. The molecule has 1 saturated heterocycles. The monoisotopic (exact) mass is 458 g/mol. The van der Waals surface area contributed by atoms with Crippen molar-refractivity contribution in [2.45, 2.75) is 20.0 Å². The van der Waals surface area contributed by atoms with Gasteiger partial charge in [-0.25, -0.2) is 14.5 Å². The standard InChI is InChI=1S/C26H26N4O4/c1-17(2)34-25-23-21(18-8-10-19(11-9-18)29-12-14-33-15-13-29)16-22(26(31)32)27-24(23)30(28-25)20-6-4-3-5-7-20/h3-11,16-17H,12-15H2,1-2H3,(H,31,32). The molecule has 0 radical (unpaired) electrons. The highest BCUT2D eigenvalue weighted by Gasteiger charge is 2.23. The van der Waals surface area contributed by atoms with E-state index in [0.717, 1.165) is 30.0 Å². The fourth-order valence-corrected chi connectivity index (χ4v) is 4.15. The van der Waals surface area contributed by atoms with Crippen molar-refractivity contribution in [2.24, 2.45) is 0 Å². The molecule has 3 heterocycles. The maximum atomic E-state index is 12.0. The predicted molar refractivity (Wildman–Crippen MR) is 130 cm³/mol. The van der Waals surface area contributed by atoms with Gasteiger partial charge in [-0.1, -0.05) is 30.3 Å². The highest BCUT2D eigenvalue weighted by atomic mass is 16.5. The fourth-order valence-electron chi connectivity index (χ4n) is 4.15. The number of hydrogen-bond donors (Lipinski definition) is 1. The first-order valence-electron chi connectivity index (χ1n) is 11.3. The van der Waals surface area contributed by atoms with Crippen molar-refractivity contribution in [1.29, 1.82) is 0 Å². The van der Waals surface area contributed by atoms with E-state index < -0.39 is 5.97 Å². The van der Waals surface area contributed by atoms with Crippen molar-refractivity contribution >= 4 is 22.7 Å². The molecule has 8 nitrogen and oxygen atoms in total. The van der Waals surface area contributed by atoms with Gasteiger partial charge in [0.05, 0.1) is 30.4 Å². The van der Waals surface area contributed by atoms with Crippen LogP contribution in [-0.2, 0) is 4.74 Å². The van der Waals surface area contributed by atoms with Gasteiger partial charge in [-0.3, -0.25) is 0 Å². The van der Waals surface area contributed by atoms with E-state index in [9.17, 15) is 9.90 Å². The summed E-state index contributed by atoms with van der Waals surface area (Å²) in [6, 6.07) is 19.2. The van der Waals surface area contributed by atoms with Gasteiger partial charge in [0.2, 0.25) is 5.88 Å². The molecule has 8 heteroatoms. The van der Waals surface area contributed by atoms with E-state index in [1.807, 2.05) is 56.3 Å². The SMILES string of the molecule is CC(C)Oc1nn(-c2ccccc2)c2nc(C(=O)O)cc(-c3ccc(N4CCOCC4)cc3)c12. The maximum absolute atomic E-state index is 12.0. The Balaban J connectivity index is 1.70. The molecule has 174 valence electrons. The van der Waals surface area contributed by atoms with E-state index in [1.165, 1.54) is 0 Å². The van der Waals surface area contributed by atoms with Crippen molar-refractivity contribution < 1.29 is 19.4 Å². The third kappa shape index (κ3) is 4.20. The summed E-state index contributed by atoms with van der Waals surface area (Å²) in [5, 5.41) is 15.2. The fraction of sp³-hybridized carbons (Fsp3) is 0.269. The lowest BCUT2D eigenvalue weighted by atomic mass is 10.0. The van der Waals surface area contributed by atoms with E-state index in [-0.39, 0.29) is 11.8 Å². The Morgan fingerprint density at radius 1 is 1.03 bits per heavy atom. The molecule has 1 N–H and O–H groups in total. The van der Waals surface area contributed by atoms with Crippen LogP contribution in [0, 0.1) is 0 Å². The molecule has 5 rings (SSSR count). The molecule has 0 unspecified atom stereocenters. The molecule has 0 aliphatic carbocycles. The first-order valence-corrected chi connectivity index (χ1v) is 11.3. The third-order valence-electron chi connectivity index (χ3n) is 5.73. The highest BCUT2D eigenvalue weighted by molar-refractivity contribution is 6.01. The van der Waals surface area contributed by atoms with Crippen LogP contribution in [0.1, 0.15) is 24.3 Å². The number of carbonyl (C=O) groups is 1. The first kappa shape index (κ1) is 21.9. The quantitative estimate of drug-likeness (QED) is 0.458. The summed E-state index contributed by atoms with van der Waals surface area (Å²) in [5.74, 6) is -0.675. The molecule has 0 bridgehead atoms. The molecular weight excluding hydrogens is 432 g/mol. The number of fused-ring (bicyclic) bond motifs is 1. The summed E-state index contributed by atoms with van der Waals surface area (Å²) >= 11 is 0. The second-order valence-corrected chi connectivity index (χ2v) is 8.42. The lowest BCUT2D eigenvalue weighted by Crippen LogP contribution is -2.36. The number of para-hydroxylation sites is 1. The topological polar surface area (TPSA) is 89.7 Å². The summed E-state index contributed by atoms with van der Waals surface area (Å²) in [4.78, 5) is 18.7. The zero-order chi connectivity index (χ0) is 23.7. The minimum atomic E-state index is -1.10. The summed E-state index contributed by atoms with van der Waals surface area (Å²) < 4.78 is 13.2. The average Bonchev–Trinajstić information content (AvgIpc) is 3.22. The Morgan fingerprint density at radius 2 is 1.74 bits per heavy atom. The zero-order valence-corrected chi connectivity index (χ0v) is 19.1. The number of aromatic nitrogens is 3. The smallest absolute Gasteiger partial charge is 0.354 e. The number of rotatable bonds is 6. The van der Waals surface area contributed by atoms with Crippen LogP contribution in [0.4, 0.5) is 5.69 Å². The minimum absolute atomic E-state index is 0.0482. The van der Waals surface area contributed by atoms with Crippen LogP contribution in [0.2, 0.25) is 0 Å². The van der Waals surface area contributed by atoms with E-state index >= 15 is 0 Å². The molecular formula is C26H26N4O4. The van der Waals surface area contributed by atoms with Crippen LogP contribution in [-0.4, -0.2) is 58.2 Å². The Hall–Kier alpha value is -3.91. The number of benzene rings is 2. The number of anilines is 1. The summed E-state index contributed by atoms with van der Waals surface area (Å²) in [6.45, 7) is 6.98. The van der Waals surface area contributed by atoms with Crippen LogP contribution >= 0.6 is 0 Å². The van der Waals surface area contributed by atoms with Gasteiger partial charge in [-0.2, -0.15) is 0 Å². The molecule has 34 heavy (non-hydrogen) atoms. The van der Waals surface area contributed by atoms with Crippen molar-refractivity contribution in [3.63, 3.8) is 0 Å². The van der Waals surface area contributed by atoms with E-state index in [0.29, 0.717) is 35.7 Å². The molecule has 4 aromatic rings. The number of carboxylic acid groups (broad SMARTS) is 1.